The molecule has 0 aliphatic carbocycles. The summed E-state index contributed by atoms with van der Waals surface area (Å²) in [6.45, 7) is 0. The maximum Gasteiger partial charge on any atom is 0.376 e. The quantitative estimate of drug-likeness (QED) is 0.194. The lowest BCUT2D eigenvalue weighted by Crippen LogP contribution is -2.12. The molecule has 18 heavy (non-hydrogen) atoms. The fraction of sp³-hybridized carbons (Fsp3) is 0. The van der Waals surface area contributed by atoms with E-state index in [4.69, 9.17) is 20.4 Å². The first-order valence-corrected chi connectivity index (χ1v) is 3.94. The molecule has 0 spiro atoms. The molecule has 0 aliphatic rings. The van der Waals surface area contributed by atoms with Gasteiger partial charge < -0.3 is 20.4 Å². The van der Waals surface area contributed by atoms with Crippen molar-refractivity contribution in [1.82, 2.24) is 0 Å². The van der Waals surface area contributed by atoms with Crippen LogP contribution in [0.3, 0.4) is 0 Å². The molecule has 0 rings (SSSR count). The van der Waals surface area contributed by atoms with Crippen molar-refractivity contribution in [1.29, 1.82) is 0 Å². The van der Waals surface area contributed by atoms with Crippen LogP contribution >= 0.6 is 0 Å². The Morgan fingerprint density at radius 1 is 0.667 bits per heavy atom. The second kappa shape index (κ2) is 6.52. The van der Waals surface area contributed by atoms with Crippen LogP contribution in [0.1, 0.15) is 0 Å². The topological polar surface area (TPSA) is 168 Å². The van der Waals surface area contributed by atoms with Gasteiger partial charge in [-0.05, 0) is 0 Å². The Morgan fingerprint density at radius 3 is 1.11 bits per heavy atom. The fourth-order valence-corrected chi connectivity index (χ4v) is 0.557. The Kier molecular flexibility index (Phi) is 5.42. The van der Waals surface area contributed by atoms with Crippen molar-refractivity contribution in [2.45, 2.75) is 0 Å². The Labute approximate surface area is 97.9 Å². The minimum absolute atomic E-state index is 0.0859. The largest absolute Gasteiger partial charge is 0.478 e. The van der Waals surface area contributed by atoms with Gasteiger partial charge in [-0.3, -0.25) is 9.78 Å². The van der Waals surface area contributed by atoms with Gasteiger partial charge in [-0.25, -0.2) is 19.2 Å². The first-order chi connectivity index (χ1) is 8.23. The molecule has 0 saturated heterocycles. The maximum atomic E-state index is 10.4. The monoisotopic (exact) mass is 262 g/mol. The highest BCUT2D eigenvalue weighted by atomic mass is 17.2. The number of rotatable bonds is 7. The van der Waals surface area contributed by atoms with E-state index in [1.165, 1.54) is 0 Å². The van der Waals surface area contributed by atoms with Crippen LogP contribution in [0.2, 0.25) is 0 Å². The maximum absolute atomic E-state index is 10.4. The third-order valence-electron chi connectivity index (χ3n) is 1.15. The van der Waals surface area contributed by atoms with Crippen molar-refractivity contribution in [2.24, 2.45) is 0 Å². The van der Waals surface area contributed by atoms with Crippen LogP contribution in [0.4, 0.5) is 0 Å². The summed E-state index contributed by atoms with van der Waals surface area (Å²) in [7, 11) is 0. The predicted octanol–water partition coefficient (Wildman–Crippen LogP) is -0.959. The molecule has 0 bridgehead atoms. The smallest absolute Gasteiger partial charge is 0.376 e. The highest BCUT2D eigenvalue weighted by Crippen LogP contribution is 2.05. The average molecular weight is 262 g/mol. The highest BCUT2D eigenvalue weighted by Gasteiger charge is 2.18. The van der Waals surface area contributed by atoms with E-state index in [9.17, 15) is 19.2 Å². The minimum atomic E-state index is -1.85. The standard InChI is InChI=1S/C8H6O10/c9-5(10)1-3(7(13)14)17-18-4(8(15)16)2-6(11)12/h1-2H,(H,9,10)(H,11,12)(H,13,14)(H,15,16)/b3-1-,4-2-. The van der Waals surface area contributed by atoms with Gasteiger partial charge in [0.05, 0.1) is 12.2 Å². The second-order valence-corrected chi connectivity index (χ2v) is 2.47. The fourth-order valence-electron chi connectivity index (χ4n) is 0.557. The molecule has 0 saturated carbocycles. The van der Waals surface area contributed by atoms with Gasteiger partial charge in [-0.2, -0.15) is 0 Å². The zero-order valence-corrected chi connectivity index (χ0v) is 8.39. The lowest BCUT2D eigenvalue weighted by Gasteiger charge is -2.05. The van der Waals surface area contributed by atoms with Crippen LogP contribution in [0.15, 0.2) is 23.7 Å². The van der Waals surface area contributed by atoms with E-state index in [1.807, 2.05) is 0 Å². The van der Waals surface area contributed by atoms with E-state index in [1.54, 1.807) is 0 Å². The molecular weight excluding hydrogens is 256 g/mol. The van der Waals surface area contributed by atoms with Crippen molar-refractivity contribution >= 4 is 23.9 Å². The second-order valence-electron chi connectivity index (χ2n) is 2.47. The molecular formula is C8H6O10. The van der Waals surface area contributed by atoms with Gasteiger partial charge >= 0.3 is 23.9 Å². The van der Waals surface area contributed by atoms with Crippen LogP contribution in [0.25, 0.3) is 0 Å². The van der Waals surface area contributed by atoms with Crippen molar-refractivity contribution in [3.05, 3.63) is 23.7 Å². The lowest BCUT2D eigenvalue weighted by molar-refractivity contribution is -0.234. The zero-order valence-electron chi connectivity index (χ0n) is 8.39. The van der Waals surface area contributed by atoms with Gasteiger partial charge in [0.15, 0.2) is 0 Å². The summed E-state index contributed by atoms with van der Waals surface area (Å²) in [4.78, 5) is 49.0. The van der Waals surface area contributed by atoms with Crippen LogP contribution < -0.4 is 0 Å². The predicted molar refractivity (Wildman–Crippen MR) is 48.9 cm³/mol. The van der Waals surface area contributed by atoms with E-state index in [0.717, 1.165) is 0 Å². The van der Waals surface area contributed by atoms with Gasteiger partial charge in [0.2, 0.25) is 0 Å². The van der Waals surface area contributed by atoms with Gasteiger partial charge in [-0.1, -0.05) is 0 Å². The van der Waals surface area contributed by atoms with E-state index in [-0.39, 0.29) is 12.2 Å². The van der Waals surface area contributed by atoms with Gasteiger partial charge in [-0.15, -0.1) is 0 Å². The highest BCUT2D eigenvalue weighted by molar-refractivity contribution is 5.94. The molecule has 0 heterocycles. The molecule has 0 aromatic heterocycles. The Hall–Kier alpha value is -3.04. The van der Waals surface area contributed by atoms with Gasteiger partial charge in [0.1, 0.15) is 0 Å². The van der Waals surface area contributed by atoms with Gasteiger partial charge in [0.25, 0.3) is 11.5 Å². The summed E-state index contributed by atoms with van der Waals surface area (Å²) in [5, 5.41) is 33.4. The number of carbonyl (C=O) groups is 4. The first-order valence-electron chi connectivity index (χ1n) is 3.94. The van der Waals surface area contributed by atoms with Crippen molar-refractivity contribution < 1.29 is 49.4 Å². The SMILES string of the molecule is O=C(O)/C=C(\OO/C(=C\C(=O)O)C(=O)O)C(=O)O. The normalized spacial score (nSPS) is 11.6. The number of hydrogen-bond donors (Lipinski definition) is 4. The molecule has 0 unspecified atom stereocenters. The summed E-state index contributed by atoms with van der Waals surface area (Å²) in [5.41, 5.74) is 0. The van der Waals surface area contributed by atoms with E-state index >= 15 is 0 Å². The minimum Gasteiger partial charge on any atom is -0.478 e. The third kappa shape index (κ3) is 5.75. The Morgan fingerprint density at radius 2 is 0.944 bits per heavy atom. The zero-order chi connectivity index (χ0) is 14.3. The van der Waals surface area contributed by atoms with Crippen LogP contribution in [0.5, 0.6) is 0 Å². The third-order valence-corrected chi connectivity index (χ3v) is 1.15. The number of hydrogen-bond acceptors (Lipinski definition) is 6. The molecule has 0 fully saturated rings. The molecule has 10 nitrogen and oxygen atoms in total. The summed E-state index contributed by atoms with van der Waals surface area (Å²) >= 11 is 0. The summed E-state index contributed by atoms with van der Waals surface area (Å²) in [5.74, 6) is -9.54. The van der Waals surface area contributed by atoms with E-state index in [0.29, 0.717) is 0 Å². The van der Waals surface area contributed by atoms with Crippen molar-refractivity contribution in [3.63, 3.8) is 0 Å². The average Bonchev–Trinajstić information content (AvgIpc) is 2.20. The number of aliphatic carboxylic acids is 4. The Balaban J connectivity index is 4.89. The molecule has 0 aliphatic heterocycles. The van der Waals surface area contributed by atoms with Crippen LogP contribution in [-0.2, 0) is 29.0 Å². The lowest BCUT2D eigenvalue weighted by atomic mass is 10.4. The molecule has 4 N–H and O–H groups in total. The van der Waals surface area contributed by atoms with Crippen LogP contribution in [-0.4, -0.2) is 44.3 Å². The summed E-state index contributed by atoms with van der Waals surface area (Å²) in [6, 6.07) is 0. The van der Waals surface area contributed by atoms with E-state index in [2.05, 4.69) is 9.78 Å². The molecule has 0 radical (unpaired) electrons. The molecule has 0 aromatic rings. The molecule has 0 amide bonds. The molecule has 98 valence electrons. The molecule has 0 aromatic carbocycles. The number of carboxylic acids is 4. The van der Waals surface area contributed by atoms with Gasteiger partial charge in [0, 0.05) is 0 Å². The molecule has 10 heteroatoms. The Bertz CT molecular complexity index is 401. The van der Waals surface area contributed by atoms with E-state index < -0.39 is 35.4 Å². The molecule has 0 atom stereocenters. The van der Waals surface area contributed by atoms with Crippen LogP contribution in [0, 0.1) is 0 Å². The number of carboxylic acid groups (broad SMARTS) is 4. The van der Waals surface area contributed by atoms with Crippen molar-refractivity contribution in [3.8, 4) is 0 Å². The summed E-state index contributed by atoms with van der Waals surface area (Å²) in [6.07, 6.45) is 0.172. The van der Waals surface area contributed by atoms with Crippen molar-refractivity contribution in [2.75, 3.05) is 0 Å². The summed E-state index contributed by atoms with van der Waals surface area (Å²) < 4.78 is 0. The first kappa shape index (κ1) is 15.0.